The number of hydrogen-bond donors (Lipinski definition) is 0. The molecule has 3 saturated heterocycles. The van der Waals surface area contributed by atoms with Crippen LogP contribution in [0.4, 0.5) is 4.39 Å². The first-order valence-electron chi connectivity index (χ1n) is 9.49. The van der Waals surface area contributed by atoms with E-state index in [2.05, 4.69) is 4.90 Å². The molecule has 0 bridgehead atoms. The summed E-state index contributed by atoms with van der Waals surface area (Å²) in [4.78, 5) is 17.5. The van der Waals surface area contributed by atoms with Crippen LogP contribution in [0.3, 0.4) is 0 Å². The molecule has 1 aromatic carbocycles. The van der Waals surface area contributed by atoms with Crippen molar-refractivity contribution in [3.63, 3.8) is 0 Å². The van der Waals surface area contributed by atoms with Crippen LogP contribution in [0, 0.1) is 17.2 Å². The molecule has 5 heteroatoms. The van der Waals surface area contributed by atoms with Gasteiger partial charge in [-0.15, -0.1) is 0 Å². The molecule has 3 aliphatic heterocycles. The maximum absolute atomic E-state index is 13.4. The lowest BCUT2D eigenvalue weighted by Crippen LogP contribution is -2.38. The summed E-state index contributed by atoms with van der Waals surface area (Å²) in [5.74, 6) is 0.748. The summed E-state index contributed by atoms with van der Waals surface area (Å²) in [6.07, 6.45) is 4.19. The van der Waals surface area contributed by atoms with Crippen LogP contribution < -0.4 is 0 Å². The summed E-state index contributed by atoms with van der Waals surface area (Å²) < 4.78 is 18.8. The Morgan fingerprint density at radius 3 is 2.80 bits per heavy atom. The highest BCUT2D eigenvalue weighted by Gasteiger charge is 2.50. The maximum atomic E-state index is 13.4. The monoisotopic (exact) mass is 346 g/mol. The Bertz CT molecular complexity index is 632. The number of rotatable bonds is 4. The number of likely N-dealkylation sites (tertiary alicyclic amines) is 2. The number of nitrogens with zero attached hydrogens (tertiary/aromatic N) is 2. The molecule has 0 unspecified atom stereocenters. The first-order valence-corrected chi connectivity index (χ1v) is 9.49. The third-order valence-electron chi connectivity index (χ3n) is 6.15. The quantitative estimate of drug-likeness (QED) is 0.840. The summed E-state index contributed by atoms with van der Waals surface area (Å²) in [5, 5.41) is 0. The van der Waals surface area contributed by atoms with E-state index in [1.807, 2.05) is 11.0 Å². The SMILES string of the molecule is O=C1N(Cc2cccc(F)c2)CC[C@@]12CCN(CC1CCOCC1)C2. The molecular weight excluding hydrogens is 319 g/mol. The van der Waals surface area contributed by atoms with Gasteiger partial charge in [-0.2, -0.15) is 0 Å². The molecule has 0 aliphatic carbocycles. The Balaban J connectivity index is 1.36. The van der Waals surface area contributed by atoms with Gasteiger partial charge in [-0.05, 0) is 55.8 Å². The second-order valence-corrected chi connectivity index (χ2v) is 7.93. The van der Waals surface area contributed by atoms with Gasteiger partial charge < -0.3 is 14.5 Å². The Labute approximate surface area is 148 Å². The molecular formula is C20H27FN2O2. The highest BCUT2D eigenvalue weighted by Crippen LogP contribution is 2.41. The summed E-state index contributed by atoms with van der Waals surface area (Å²) in [7, 11) is 0. The van der Waals surface area contributed by atoms with Crippen molar-refractivity contribution >= 4 is 5.91 Å². The van der Waals surface area contributed by atoms with Crippen molar-refractivity contribution in [3.05, 3.63) is 35.6 Å². The van der Waals surface area contributed by atoms with E-state index in [0.717, 1.165) is 70.6 Å². The predicted octanol–water partition coefficient (Wildman–Crippen LogP) is 2.68. The molecule has 0 saturated carbocycles. The summed E-state index contributed by atoms with van der Waals surface area (Å²) in [6.45, 7) is 6.09. The molecule has 1 spiro atoms. The summed E-state index contributed by atoms with van der Waals surface area (Å²) >= 11 is 0. The minimum absolute atomic E-state index is 0.196. The number of amides is 1. The van der Waals surface area contributed by atoms with E-state index in [1.54, 1.807) is 6.07 Å². The topological polar surface area (TPSA) is 32.8 Å². The van der Waals surface area contributed by atoms with Crippen LogP contribution in [0.2, 0.25) is 0 Å². The molecule has 1 atom stereocenters. The van der Waals surface area contributed by atoms with Gasteiger partial charge in [-0.3, -0.25) is 4.79 Å². The number of benzene rings is 1. The van der Waals surface area contributed by atoms with Crippen molar-refractivity contribution in [3.8, 4) is 0 Å². The van der Waals surface area contributed by atoms with E-state index >= 15 is 0 Å². The van der Waals surface area contributed by atoms with E-state index in [9.17, 15) is 9.18 Å². The maximum Gasteiger partial charge on any atom is 0.230 e. The molecule has 25 heavy (non-hydrogen) atoms. The first-order chi connectivity index (χ1) is 12.1. The highest BCUT2D eigenvalue weighted by atomic mass is 19.1. The Morgan fingerprint density at radius 1 is 1.20 bits per heavy atom. The van der Waals surface area contributed by atoms with E-state index < -0.39 is 0 Å². The molecule has 136 valence electrons. The number of carbonyl (C=O) groups excluding carboxylic acids is 1. The van der Waals surface area contributed by atoms with E-state index in [0.29, 0.717) is 12.5 Å². The van der Waals surface area contributed by atoms with Gasteiger partial charge in [0.2, 0.25) is 5.91 Å². The van der Waals surface area contributed by atoms with Crippen molar-refractivity contribution in [1.82, 2.24) is 9.80 Å². The molecule has 1 amide bonds. The molecule has 1 aromatic rings. The lowest BCUT2D eigenvalue weighted by atomic mass is 9.85. The Hall–Kier alpha value is -1.46. The van der Waals surface area contributed by atoms with Crippen LogP contribution in [0.15, 0.2) is 24.3 Å². The average molecular weight is 346 g/mol. The van der Waals surface area contributed by atoms with E-state index in [4.69, 9.17) is 4.74 Å². The zero-order valence-corrected chi connectivity index (χ0v) is 14.8. The molecule has 4 nitrogen and oxygen atoms in total. The van der Waals surface area contributed by atoms with Crippen LogP contribution >= 0.6 is 0 Å². The molecule has 0 aromatic heterocycles. The third kappa shape index (κ3) is 3.58. The number of carbonyl (C=O) groups is 1. The van der Waals surface area contributed by atoms with Gasteiger partial charge in [0.1, 0.15) is 5.82 Å². The second kappa shape index (κ2) is 7.04. The van der Waals surface area contributed by atoms with Crippen molar-refractivity contribution in [2.75, 3.05) is 39.4 Å². The highest BCUT2D eigenvalue weighted by molar-refractivity contribution is 5.85. The molecule has 3 aliphatic rings. The smallest absolute Gasteiger partial charge is 0.230 e. The van der Waals surface area contributed by atoms with Gasteiger partial charge >= 0.3 is 0 Å². The average Bonchev–Trinajstić information content (AvgIpc) is 3.15. The second-order valence-electron chi connectivity index (χ2n) is 7.93. The molecule has 3 fully saturated rings. The van der Waals surface area contributed by atoms with Gasteiger partial charge in [0.15, 0.2) is 0 Å². The number of halogens is 1. The zero-order chi connectivity index (χ0) is 17.3. The molecule has 0 N–H and O–H groups in total. The summed E-state index contributed by atoms with van der Waals surface area (Å²) in [6, 6.07) is 6.59. The largest absolute Gasteiger partial charge is 0.381 e. The van der Waals surface area contributed by atoms with Crippen molar-refractivity contribution in [2.24, 2.45) is 11.3 Å². The predicted molar refractivity (Wildman–Crippen MR) is 93.5 cm³/mol. The fourth-order valence-electron chi connectivity index (χ4n) is 4.69. The van der Waals surface area contributed by atoms with Crippen LogP contribution in [-0.4, -0.2) is 55.1 Å². The third-order valence-corrected chi connectivity index (χ3v) is 6.15. The molecule has 3 heterocycles. The Morgan fingerprint density at radius 2 is 2.00 bits per heavy atom. The standard InChI is InChI=1S/C20H27FN2O2/c21-18-3-1-2-17(12-18)14-23-9-7-20(19(23)24)6-8-22(15-20)13-16-4-10-25-11-5-16/h1-3,12,16H,4-11,13-15H2/t20-/m1/s1. The lowest BCUT2D eigenvalue weighted by Gasteiger charge is -2.28. The van der Waals surface area contributed by atoms with Gasteiger partial charge in [-0.1, -0.05) is 12.1 Å². The minimum atomic E-state index is -0.234. The van der Waals surface area contributed by atoms with Crippen molar-refractivity contribution in [2.45, 2.75) is 32.2 Å². The normalized spacial score (nSPS) is 28.4. The first kappa shape index (κ1) is 17.0. The van der Waals surface area contributed by atoms with Gasteiger partial charge in [0.05, 0.1) is 5.41 Å². The van der Waals surface area contributed by atoms with Crippen LogP contribution in [0.25, 0.3) is 0 Å². The van der Waals surface area contributed by atoms with Crippen LogP contribution in [-0.2, 0) is 16.1 Å². The fraction of sp³-hybridized carbons (Fsp3) is 0.650. The van der Waals surface area contributed by atoms with Crippen molar-refractivity contribution in [1.29, 1.82) is 0 Å². The van der Waals surface area contributed by atoms with Gasteiger partial charge in [0.25, 0.3) is 0 Å². The van der Waals surface area contributed by atoms with Crippen molar-refractivity contribution < 1.29 is 13.9 Å². The van der Waals surface area contributed by atoms with Crippen LogP contribution in [0.1, 0.15) is 31.2 Å². The van der Waals surface area contributed by atoms with E-state index in [1.165, 1.54) is 12.1 Å². The van der Waals surface area contributed by atoms with Crippen LogP contribution in [0.5, 0.6) is 0 Å². The minimum Gasteiger partial charge on any atom is -0.381 e. The molecule has 0 radical (unpaired) electrons. The van der Waals surface area contributed by atoms with E-state index in [-0.39, 0.29) is 17.1 Å². The van der Waals surface area contributed by atoms with Gasteiger partial charge in [0, 0.05) is 39.4 Å². The zero-order valence-electron chi connectivity index (χ0n) is 14.8. The molecule has 4 rings (SSSR count). The summed E-state index contributed by atoms with van der Waals surface area (Å²) in [5.41, 5.74) is 0.681. The lowest BCUT2D eigenvalue weighted by molar-refractivity contribution is -0.136. The Kier molecular flexibility index (Phi) is 4.78. The van der Waals surface area contributed by atoms with Gasteiger partial charge in [-0.25, -0.2) is 4.39 Å². The number of hydrogen-bond acceptors (Lipinski definition) is 3. The number of ether oxygens (including phenoxy) is 1. The fourth-order valence-corrected chi connectivity index (χ4v) is 4.69.